The van der Waals surface area contributed by atoms with Crippen LogP contribution in [-0.2, 0) is 0 Å². The molecule has 3 aromatic carbocycles. The summed E-state index contributed by atoms with van der Waals surface area (Å²) in [7, 11) is 1.57. The molecule has 0 fully saturated rings. The highest BCUT2D eigenvalue weighted by Gasteiger charge is 2.17. The van der Waals surface area contributed by atoms with Crippen LogP contribution in [0.4, 0.5) is 0 Å². The molecule has 0 aliphatic rings. The number of aromatic hydroxyl groups is 1. The second-order valence-corrected chi connectivity index (χ2v) is 5.24. The Balaban J connectivity index is 2.22. The number of ether oxygens (including phenoxy) is 1. The number of ketones is 1. The zero-order valence-electron chi connectivity index (χ0n) is 12.5. The molecule has 0 bridgehead atoms. The van der Waals surface area contributed by atoms with E-state index in [0.717, 1.165) is 10.9 Å². The van der Waals surface area contributed by atoms with Gasteiger partial charge in [-0.3, -0.25) is 4.79 Å². The van der Waals surface area contributed by atoms with E-state index in [1.807, 2.05) is 31.2 Å². The minimum Gasteiger partial charge on any atom is -0.507 e. The first-order chi connectivity index (χ1) is 10.6. The first kappa shape index (κ1) is 14.1. The number of fused-ring (bicyclic) bond motifs is 1. The SMILES string of the molecule is COc1ccc2ccc(O)c(C(=O)c3ccc(C)cc3)c2c1. The van der Waals surface area contributed by atoms with Gasteiger partial charge in [-0.1, -0.05) is 42.0 Å². The Morgan fingerprint density at radius 2 is 1.68 bits per heavy atom. The van der Waals surface area contributed by atoms with Gasteiger partial charge in [0.1, 0.15) is 11.5 Å². The number of rotatable bonds is 3. The lowest BCUT2D eigenvalue weighted by Crippen LogP contribution is -2.03. The second-order valence-electron chi connectivity index (χ2n) is 5.24. The molecule has 0 amide bonds. The lowest BCUT2D eigenvalue weighted by atomic mass is 9.95. The summed E-state index contributed by atoms with van der Waals surface area (Å²) in [6.07, 6.45) is 0. The Labute approximate surface area is 128 Å². The number of phenolic OH excluding ortho intramolecular Hbond substituents is 1. The number of benzene rings is 3. The Hall–Kier alpha value is -2.81. The van der Waals surface area contributed by atoms with Gasteiger partial charge in [0.15, 0.2) is 5.78 Å². The molecule has 3 rings (SSSR count). The van der Waals surface area contributed by atoms with Crippen LogP contribution >= 0.6 is 0 Å². The van der Waals surface area contributed by atoms with E-state index in [1.165, 1.54) is 0 Å². The Morgan fingerprint density at radius 1 is 1.00 bits per heavy atom. The molecule has 1 N–H and O–H groups in total. The summed E-state index contributed by atoms with van der Waals surface area (Å²) in [5.74, 6) is 0.429. The standard InChI is InChI=1S/C19H16O3/c1-12-3-5-14(6-4-12)19(21)18-16-11-15(22-2)9-7-13(16)8-10-17(18)20/h3-11,20H,1-2H3. The van der Waals surface area contributed by atoms with Crippen LogP contribution in [0.25, 0.3) is 10.8 Å². The topological polar surface area (TPSA) is 46.5 Å². The third-order valence-corrected chi connectivity index (χ3v) is 3.75. The van der Waals surface area contributed by atoms with Crippen LogP contribution in [0.1, 0.15) is 21.5 Å². The molecule has 22 heavy (non-hydrogen) atoms. The van der Waals surface area contributed by atoms with Crippen molar-refractivity contribution >= 4 is 16.6 Å². The maximum atomic E-state index is 12.8. The van der Waals surface area contributed by atoms with E-state index in [0.29, 0.717) is 22.3 Å². The molecule has 3 nitrogen and oxygen atoms in total. The molecular formula is C19H16O3. The summed E-state index contributed by atoms with van der Waals surface area (Å²) in [6.45, 7) is 1.97. The van der Waals surface area contributed by atoms with Gasteiger partial charge in [-0.15, -0.1) is 0 Å². The number of hydrogen-bond donors (Lipinski definition) is 1. The molecular weight excluding hydrogens is 276 g/mol. The van der Waals surface area contributed by atoms with Crippen molar-refractivity contribution in [1.82, 2.24) is 0 Å². The van der Waals surface area contributed by atoms with Crippen molar-refractivity contribution in [3.63, 3.8) is 0 Å². The second kappa shape index (κ2) is 5.53. The van der Waals surface area contributed by atoms with Crippen LogP contribution in [0.15, 0.2) is 54.6 Å². The van der Waals surface area contributed by atoms with Crippen molar-refractivity contribution in [2.24, 2.45) is 0 Å². The van der Waals surface area contributed by atoms with Gasteiger partial charge in [-0.25, -0.2) is 0 Å². The first-order valence-electron chi connectivity index (χ1n) is 7.01. The first-order valence-corrected chi connectivity index (χ1v) is 7.01. The van der Waals surface area contributed by atoms with E-state index < -0.39 is 0 Å². The summed E-state index contributed by atoms with van der Waals surface area (Å²) in [5, 5.41) is 11.8. The van der Waals surface area contributed by atoms with Crippen molar-refractivity contribution in [2.45, 2.75) is 6.92 Å². The number of phenols is 1. The Morgan fingerprint density at radius 3 is 2.36 bits per heavy atom. The molecule has 0 radical (unpaired) electrons. The summed E-state index contributed by atoms with van der Waals surface area (Å²) < 4.78 is 5.23. The van der Waals surface area contributed by atoms with Crippen molar-refractivity contribution in [3.05, 3.63) is 71.3 Å². The largest absolute Gasteiger partial charge is 0.507 e. The molecule has 110 valence electrons. The molecule has 0 saturated heterocycles. The molecule has 0 unspecified atom stereocenters. The molecule has 0 aromatic heterocycles. The van der Waals surface area contributed by atoms with Crippen LogP contribution in [0.5, 0.6) is 11.5 Å². The van der Waals surface area contributed by atoms with E-state index in [1.54, 1.807) is 37.4 Å². The van der Waals surface area contributed by atoms with Crippen LogP contribution in [0.3, 0.4) is 0 Å². The van der Waals surface area contributed by atoms with Crippen LogP contribution in [0, 0.1) is 6.92 Å². The number of carbonyl (C=O) groups excluding carboxylic acids is 1. The predicted octanol–water partition coefficient (Wildman–Crippen LogP) is 4.09. The van der Waals surface area contributed by atoms with Gasteiger partial charge in [0.05, 0.1) is 12.7 Å². The highest BCUT2D eigenvalue weighted by Crippen LogP contribution is 2.31. The van der Waals surface area contributed by atoms with Gasteiger partial charge in [0.2, 0.25) is 0 Å². The number of hydrogen-bond acceptors (Lipinski definition) is 3. The highest BCUT2D eigenvalue weighted by molar-refractivity contribution is 6.18. The third-order valence-electron chi connectivity index (χ3n) is 3.75. The van der Waals surface area contributed by atoms with Crippen molar-refractivity contribution < 1.29 is 14.6 Å². The van der Waals surface area contributed by atoms with Crippen LogP contribution < -0.4 is 4.74 Å². The molecule has 0 aliphatic heterocycles. The van der Waals surface area contributed by atoms with Crippen molar-refractivity contribution in [1.29, 1.82) is 0 Å². The number of carbonyl (C=O) groups is 1. The minimum absolute atomic E-state index is 0.0219. The van der Waals surface area contributed by atoms with E-state index in [9.17, 15) is 9.90 Å². The molecule has 3 heteroatoms. The smallest absolute Gasteiger partial charge is 0.197 e. The number of aryl methyl sites for hydroxylation is 1. The van der Waals surface area contributed by atoms with Crippen molar-refractivity contribution in [3.8, 4) is 11.5 Å². The predicted molar refractivity (Wildman–Crippen MR) is 86.8 cm³/mol. The van der Waals surface area contributed by atoms with E-state index in [4.69, 9.17) is 4.74 Å². The van der Waals surface area contributed by atoms with Crippen LogP contribution in [0.2, 0.25) is 0 Å². The average Bonchev–Trinajstić information content (AvgIpc) is 2.54. The molecule has 0 aliphatic carbocycles. The quantitative estimate of drug-likeness (QED) is 0.739. The van der Waals surface area contributed by atoms with Crippen LogP contribution in [-0.4, -0.2) is 18.0 Å². The van der Waals surface area contributed by atoms with Gasteiger partial charge < -0.3 is 9.84 Å². The summed E-state index contributed by atoms with van der Waals surface area (Å²) in [5.41, 5.74) is 1.94. The maximum Gasteiger partial charge on any atom is 0.197 e. The van der Waals surface area contributed by atoms with Gasteiger partial charge >= 0.3 is 0 Å². The molecule has 0 spiro atoms. The lowest BCUT2D eigenvalue weighted by molar-refractivity contribution is 0.103. The zero-order chi connectivity index (χ0) is 15.7. The van der Waals surface area contributed by atoms with Gasteiger partial charge in [0, 0.05) is 10.9 Å². The van der Waals surface area contributed by atoms with Crippen molar-refractivity contribution in [2.75, 3.05) is 7.11 Å². The lowest BCUT2D eigenvalue weighted by Gasteiger charge is -2.10. The molecule has 0 saturated carbocycles. The van der Waals surface area contributed by atoms with E-state index in [-0.39, 0.29) is 11.5 Å². The summed E-state index contributed by atoms with van der Waals surface area (Å²) in [4.78, 5) is 12.8. The molecule has 0 atom stereocenters. The van der Waals surface area contributed by atoms with Gasteiger partial charge in [0.25, 0.3) is 0 Å². The number of methoxy groups -OCH3 is 1. The average molecular weight is 292 g/mol. The highest BCUT2D eigenvalue weighted by atomic mass is 16.5. The molecule has 3 aromatic rings. The van der Waals surface area contributed by atoms with Gasteiger partial charge in [-0.2, -0.15) is 0 Å². The Bertz CT molecular complexity index is 848. The summed E-state index contributed by atoms with van der Waals surface area (Å²) in [6, 6.07) is 16.1. The fraction of sp³-hybridized carbons (Fsp3) is 0.105. The minimum atomic E-state index is -0.198. The molecule has 0 heterocycles. The fourth-order valence-corrected chi connectivity index (χ4v) is 2.50. The van der Waals surface area contributed by atoms with E-state index in [2.05, 4.69) is 0 Å². The van der Waals surface area contributed by atoms with Gasteiger partial charge in [-0.05, 0) is 30.5 Å². The normalized spacial score (nSPS) is 10.6. The Kier molecular flexibility index (Phi) is 3.55. The monoisotopic (exact) mass is 292 g/mol. The third kappa shape index (κ3) is 2.42. The van der Waals surface area contributed by atoms with E-state index >= 15 is 0 Å². The fourth-order valence-electron chi connectivity index (χ4n) is 2.50. The maximum absolute atomic E-state index is 12.8. The zero-order valence-corrected chi connectivity index (χ0v) is 12.5. The summed E-state index contributed by atoms with van der Waals surface area (Å²) >= 11 is 0.